The largest absolute Gasteiger partial charge is 0.349 e. The van der Waals surface area contributed by atoms with Crippen molar-refractivity contribution in [3.63, 3.8) is 0 Å². The molecule has 7 nitrogen and oxygen atoms in total. The summed E-state index contributed by atoms with van der Waals surface area (Å²) in [5, 5.41) is 5.84. The summed E-state index contributed by atoms with van der Waals surface area (Å²) >= 11 is 0. The van der Waals surface area contributed by atoms with E-state index in [1.165, 1.54) is 18.6 Å². The fourth-order valence-electron chi connectivity index (χ4n) is 4.55. The monoisotopic (exact) mass is 519 g/mol. The third-order valence-corrected chi connectivity index (χ3v) is 8.43. The molecule has 0 aliphatic heterocycles. The van der Waals surface area contributed by atoms with E-state index in [1.54, 1.807) is 54.6 Å². The highest BCUT2D eigenvalue weighted by molar-refractivity contribution is 7.92. The van der Waals surface area contributed by atoms with E-state index in [1.807, 2.05) is 19.1 Å². The molecule has 0 aromatic heterocycles. The lowest BCUT2D eigenvalue weighted by molar-refractivity contribution is -0.114. The molecule has 2 N–H and O–H groups in total. The Morgan fingerprint density at radius 2 is 1.51 bits per heavy atom. The number of carbonyl (C=O) groups is 2. The van der Waals surface area contributed by atoms with Gasteiger partial charge >= 0.3 is 0 Å². The van der Waals surface area contributed by atoms with Crippen molar-refractivity contribution >= 4 is 33.2 Å². The second kappa shape index (κ2) is 12.1. The van der Waals surface area contributed by atoms with Crippen LogP contribution >= 0.6 is 0 Å². The Hall–Kier alpha value is -3.65. The summed E-state index contributed by atoms with van der Waals surface area (Å²) in [5.74, 6) is -0.788. The van der Waals surface area contributed by atoms with Crippen LogP contribution in [-0.2, 0) is 21.2 Å². The molecule has 0 atom stereocenters. The third kappa shape index (κ3) is 6.57. The van der Waals surface area contributed by atoms with E-state index >= 15 is 0 Å². The first-order chi connectivity index (χ1) is 17.9. The quantitative estimate of drug-likeness (QED) is 0.409. The topological polar surface area (TPSA) is 95.6 Å². The molecule has 1 fully saturated rings. The van der Waals surface area contributed by atoms with Crippen LogP contribution < -0.4 is 14.9 Å². The molecule has 2 amide bonds. The molecule has 0 heterocycles. The fraction of sp³-hybridized carbons (Fsp3) is 0.310. The number of carbonyl (C=O) groups excluding carboxylic acids is 2. The summed E-state index contributed by atoms with van der Waals surface area (Å²) in [5.41, 5.74) is 2.15. The van der Waals surface area contributed by atoms with E-state index in [4.69, 9.17) is 0 Å². The zero-order valence-electron chi connectivity index (χ0n) is 21.0. The first-order valence-electron chi connectivity index (χ1n) is 12.7. The van der Waals surface area contributed by atoms with E-state index in [-0.39, 0.29) is 16.8 Å². The first-order valence-corrected chi connectivity index (χ1v) is 14.2. The van der Waals surface area contributed by atoms with Gasteiger partial charge in [0.15, 0.2) is 0 Å². The Morgan fingerprint density at radius 3 is 2.19 bits per heavy atom. The average molecular weight is 520 g/mol. The van der Waals surface area contributed by atoms with Crippen molar-refractivity contribution in [2.75, 3.05) is 16.2 Å². The number of benzene rings is 3. The maximum atomic E-state index is 13.6. The molecule has 1 saturated carbocycles. The predicted octanol–water partition coefficient (Wildman–Crippen LogP) is 5.15. The average Bonchev–Trinajstić information content (AvgIpc) is 2.93. The molecule has 1 aliphatic rings. The van der Waals surface area contributed by atoms with Crippen molar-refractivity contribution in [1.82, 2.24) is 5.32 Å². The van der Waals surface area contributed by atoms with Crippen molar-refractivity contribution in [3.8, 4) is 0 Å². The third-order valence-electron chi connectivity index (χ3n) is 6.64. The number of hydrogen-bond donors (Lipinski definition) is 2. The van der Waals surface area contributed by atoms with Crippen molar-refractivity contribution in [2.24, 2.45) is 0 Å². The van der Waals surface area contributed by atoms with Crippen LogP contribution in [0.25, 0.3) is 0 Å². The number of nitrogens with one attached hydrogen (secondary N) is 2. The first kappa shape index (κ1) is 26.4. The van der Waals surface area contributed by atoms with Crippen LogP contribution in [0, 0.1) is 0 Å². The molecule has 0 bridgehead atoms. The summed E-state index contributed by atoms with van der Waals surface area (Å²) in [6.45, 7) is 1.57. The van der Waals surface area contributed by atoms with Gasteiger partial charge in [-0.3, -0.25) is 13.9 Å². The van der Waals surface area contributed by atoms with Gasteiger partial charge < -0.3 is 10.6 Å². The number of nitrogens with zero attached hydrogens (tertiary/aromatic N) is 1. The Kier molecular flexibility index (Phi) is 8.61. The van der Waals surface area contributed by atoms with E-state index in [0.29, 0.717) is 16.9 Å². The number of amides is 2. The molecule has 0 radical (unpaired) electrons. The molecule has 4 rings (SSSR count). The Morgan fingerprint density at radius 1 is 0.865 bits per heavy atom. The number of anilines is 2. The summed E-state index contributed by atoms with van der Waals surface area (Å²) in [6.07, 6.45) is 6.07. The van der Waals surface area contributed by atoms with E-state index in [9.17, 15) is 18.0 Å². The van der Waals surface area contributed by atoms with Crippen molar-refractivity contribution in [3.05, 3.63) is 90.0 Å². The van der Waals surface area contributed by atoms with Crippen molar-refractivity contribution in [2.45, 2.75) is 56.4 Å². The van der Waals surface area contributed by atoms with Gasteiger partial charge in [-0.25, -0.2) is 8.42 Å². The second-order valence-electron chi connectivity index (χ2n) is 9.25. The minimum absolute atomic E-state index is 0.0922. The Balaban J connectivity index is 1.56. The van der Waals surface area contributed by atoms with E-state index in [0.717, 1.165) is 42.0 Å². The maximum absolute atomic E-state index is 13.6. The molecule has 194 valence electrons. The maximum Gasteiger partial charge on any atom is 0.264 e. The van der Waals surface area contributed by atoms with Gasteiger partial charge in [0, 0.05) is 6.04 Å². The fourth-order valence-corrected chi connectivity index (χ4v) is 6.00. The molecule has 3 aromatic carbocycles. The minimum atomic E-state index is -4.01. The normalized spacial score (nSPS) is 14.1. The van der Waals surface area contributed by atoms with Crippen molar-refractivity contribution in [1.29, 1.82) is 0 Å². The molecule has 0 spiro atoms. The van der Waals surface area contributed by atoms with E-state index in [2.05, 4.69) is 10.6 Å². The zero-order chi connectivity index (χ0) is 26.3. The molecule has 37 heavy (non-hydrogen) atoms. The molecular formula is C29H33N3O4S. The highest BCUT2D eigenvalue weighted by atomic mass is 32.2. The smallest absolute Gasteiger partial charge is 0.264 e. The predicted molar refractivity (Wildman–Crippen MR) is 146 cm³/mol. The highest BCUT2D eigenvalue weighted by Gasteiger charge is 2.28. The number of rotatable bonds is 9. The van der Waals surface area contributed by atoms with Crippen LogP contribution in [0.3, 0.4) is 0 Å². The highest BCUT2D eigenvalue weighted by Crippen LogP contribution is 2.25. The minimum Gasteiger partial charge on any atom is -0.349 e. The summed E-state index contributed by atoms with van der Waals surface area (Å²) in [6, 6.07) is 22.1. The second-order valence-corrected chi connectivity index (χ2v) is 11.1. The van der Waals surface area contributed by atoms with Crippen LogP contribution in [0.5, 0.6) is 0 Å². The molecule has 0 saturated heterocycles. The number of sulfonamides is 1. The summed E-state index contributed by atoms with van der Waals surface area (Å²) in [7, 11) is -4.01. The Bertz CT molecular complexity index is 1320. The summed E-state index contributed by atoms with van der Waals surface area (Å²) in [4.78, 5) is 26.3. The molecule has 8 heteroatoms. The number of hydrogen-bond acceptors (Lipinski definition) is 4. The Labute approximate surface area is 218 Å². The van der Waals surface area contributed by atoms with Crippen molar-refractivity contribution < 1.29 is 18.0 Å². The van der Waals surface area contributed by atoms with E-state index < -0.39 is 22.5 Å². The van der Waals surface area contributed by atoms with Crippen LogP contribution in [0.15, 0.2) is 83.8 Å². The molecular weight excluding hydrogens is 486 g/mol. The molecule has 0 unspecified atom stereocenters. The van der Waals surface area contributed by atoms with Crippen LogP contribution in [-0.4, -0.2) is 32.8 Å². The van der Waals surface area contributed by atoms with Gasteiger partial charge in [0.25, 0.3) is 15.9 Å². The van der Waals surface area contributed by atoms with Gasteiger partial charge in [0.2, 0.25) is 5.91 Å². The van der Waals surface area contributed by atoms with Gasteiger partial charge in [-0.1, -0.05) is 68.7 Å². The van der Waals surface area contributed by atoms with Crippen LogP contribution in [0.1, 0.15) is 54.9 Å². The summed E-state index contributed by atoms with van der Waals surface area (Å²) < 4.78 is 28.2. The SMILES string of the molecule is CCc1ccc(N(CC(=O)Nc2ccccc2C(=O)NC2CCCCC2)S(=O)(=O)c2ccccc2)cc1. The zero-order valence-corrected chi connectivity index (χ0v) is 21.8. The lowest BCUT2D eigenvalue weighted by atomic mass is 9.95. The van der Waals surface area contributed by atoms with Gasteiger partial charge in [0.1, 0.15) is 6.54 Å². The lowest BCUT2D eigenvalue weighted by Gasteiger charge is -2.25. The van der Waals surface area contributed by atoms with Gasteiger partial charge in [-0.15, -0.1) is 0 Å². The van der Waals surface area contributed by atoms with Gasteiger partial charge in [-0.2, -0.15) is 0 Å². The molecule has 1 aliphatic carbocycles. The van der Waals surface area contributed by atoms with Crippen LogP contribution in [0.4, 0.5) is 11.4 Å². The number of para-hydroxylation sites is 1. The lowest BCUT2D eigenvalue weighted by Crippen LogP contribution is -2.39. The standard InChI is InChI=1S/C29H33N3O4S/c1-2-22-17-19-24(20-18-22)32(37(35,36)25-13-7-4-8-14-25)21-28(33)31-27-16-10-9-15-26(27)29(34)30-23-11-5-3-6-12-23/h4,7-10,13-20,23H,2-3,5-6,11-12,21H2,1H3,(H,30,34)(H,31,33). The van der Waals surface area contributed by atoms with Crippen LogP contribution in [0.2, 0.25) is 0 Å². The van der Waals surface area contributed by atoms with Gasteiger partial charge in [-0.05, 0) is 61.2 Å². The van der Waals surface area contributed by atoms with Gasteiger partial charge in [0.05, 0.1) is 21.8 Å². The number of aryl methyl sites for hydroxylation is 1. The molecule has 3 aromatic rings.